The van der Waals surface area contributed by atoms with Crippen LogP contribution in [0.15, 0.2) is 18.3 Å². The lowest BCUT2D eigenvalue weighted by atomic mass is 9.94. The molecule has 0 radical (unpaired) electrons. The van der Waals surface area contributed by atoms with Crippen molar-refractivity contribution in [2.24, 2.45) is 0 Å². The number of nitrogens with zero attached hydrogens (tertiary/aromatic N) is 1. The van der Waals surface area contributed by atoms with Crippen LogP contribution in [0.3, 0.4) is 0 Å². The Kier molecular flexibility index (Phi) is 3.10. The Bertz CT molecular complexity index is 351. The molecular weight excluding hydrogens is 207 g/mol. The van der Waals surface area contributed by atoms with E-state index in [0.717, 1.165) is 25.1 Å². The van der Waals surface area contributed by atoms with Crippen LogP contribution in [0.5, 0.6) is 0 Å². The first-order chi connectivity index (χ1) is 7.55. The number of rotatable bonds is 2. The smallest absolute Gasteiger partial charge is 0.212 e. The zero-order valence-corrected chi connectivity index (χ0v) is 9.66. The van der Waals surface area contributed by atoms with Crippen LogP contribution in [0.25, 0.3) is 0 Å². The summed E-state index contributed by atoms with van der Waals surface area (Å²) in [7, 11) is 0. The minimum atomic E-state index is -0.446. The van der Waals surface area contributed by atoms with E-state index in [-0.39, 0.29) is 5.60 Å². The standard InChI is InChI=1S/C12H17FN2O/c1-12(2)7-9(5-6-16-12)15-10-3-4-11(13)14-8-10/h3-4,8-9,15H,5-7H2,1-2H3. The summed E-state index contributed by atoms with van der Waals surface area (Å²) in [6, 6.07) is 3.45. The van der Waals surface area contributed by atoms with Gasteiger partial charge in [0.1, 0.15) is 0 Å². The van der Waals surface area contributed by atoms with Crippen molar-refractivity contribution in [3.63, 3.8) is 0 Å². The van der Waals surface area contributed by atoms with Gasteiger partial charge in [0.05, 0.1) is 17.5 Å². The Morgan fingerprint density at radius 1 is 1.50 bits per heavy atom. The van der Waals surface area contributed by atoms with Crippen molar-refractivity contribution in [1.82, 2.24) is 4.98 Å². The minimum Gasteiger partial charge on any atom is -0.381 e. The van der Waals surface area contributed by atoms with Crippen molar-refractivity contribution in [2.75, 3.05) is 11.9 Å². The third kappa shape index (κ3) is 2.92. The fourth-order valence-corrected chi connectivity index (χ4v) is 2.05. The first-order valence-electron chi connectivity index (χ1n) is 5.57. The molecule has 1 aliphatic heterocycles. The van der Waals surface area contributed by atoms with Crippen molar-refractivity contribution in [3.05, 3.63) is 24.3 Å². The first-order valence-corrected chi connectivity index (χ1v) is 5.57. The highest BCUT2D eigenvalue weighted by Crippen LogP contribution is 2.26. The van der Waals surface area contributed by atoms with Gasteiger partial charge in [0, 0.05) is 12.6 Å². The Morgan fingerprint density at radius 2 is 2.31 bits per heavy atom. The second-order valence-electron chi connectivity index (χ2n) is 4.81. The Labute approximate surface area is 95.0 Å². The number of nitrogens with one attached hydrogen (secondary N) is 1. The zero-order chi connectivity index (χ0) is 11.6. The van der Waals surface area contributed by atoms with Gasteiger partial charge in [0.25, 0.3) is 0 Å². The van der Waals surface area contributed by atoms with E-state index >= 15 is 0 Å². The molecule has 2 heterocycles. The first kappa shape index (κ1) is 11.3. The molecule has 1 aliphatic rings. The van der Waals surface area contributed by atoms with Crippen LogP contribution in [0.2, 0.25) is 0 Å². The van der Waals surface area contributed by atoms with E-state index in [0.29, 0.717) is 6.04 Å². The van der Waals surface area contributed by atoms with Crippen LogP contribution in [0.1, 0.15) is 26.7 Å². The van der Waals surface area contributed by atoms with Gasteiger partial charge in [-0.05, 0) is 38.8 Å². The normalized spacial score (nSPS) is 24.1. The van der Waals surface area contributed by atoms with E-state index < -0.39 is 5.95 Å². The van der Waals surface area contributed by atoms with E-state index in [1.165, 1.54) is 12.3 Å². The van der Waals surface area contributed by atoms with Crippen LogP contribution in [-0.4, -0.2) is 23.2 Å². The summed E-state index contributed by atoms with van der Waals surface area (Å²) >= 11 is 0. The average molecular weight is 224 g/mol. The van der Waals surface area contributed by atoms with Crippen LogP contribution in [-0.2, 0) is 4.74 Å². The summed E-state index contributed by atoms with van der Waals surface area (Å²) in [5, 5.41) is 3.35. The summed E-state index contributed by atoms with van der Waals surface area (Å²) in [6.45, 7) is 4.94. The Morgan fingerprint density at radius 3 is 2.94 bits per heavy atom. The molecule has 0 amide bonds. The minimum absolute atomic E-state index is 0.0800. The lowest BCUT2D eigenvalue weighted by Gasteiger charge is -2.36. The molecule has 16 heavy (non-hydrogen) atoms. The molecule has 1 saturated heterocycles. The molecule has 2 rings (SSSR count). The molecule has 1 fully saturated rings. The molecule has 4 heteroatoms. The monoisotopic (exact) mass is 224 g/mol. The Balaban J connectivity index is 1.97. The highest BCUT2D eigenvalue weighted by atomic mass is 19.1. The van der Waals surface area contributed by atoms with Crippen molar-refractivity contribution in [3.8, 4) is 0 Å². The second kappa shape index (κ2) is 4.37. The van der Waals surface area contributed by atoms with E-state index in [1.807, 2.05) is 0 Å². The molecule has 1 aromatic rings. The molecule has 3 nitrogen and oxygen atoms in total. The lowest BCUT2D eigenvalue weighted by molar-refractivity contribution is -0.0553. The molecule has 0 saturated carbocycles. The highest BCUT2D eigenvalue weighted by Gasteiger charge is 2.28. The fourth-order valence-electron chi connectivity index (χ4n) is 2.05. The van der Waals surface area contributed by atoms with Gasteiger partial charge in [-0.15, -0.1) is 0 Å². The Hall–Kier alpha value is -1.16. The molecule has 1 unspecified atom stereocenters. The SMILES string of the molecule is CC1(C)CC(Nc2ccc(F)nc2)CCO1. The molecule has 0 bridgehead atoms. The molecule has 0 aromatic carbocycles. The fraction of sp³-hybridized carbons (Fsp3) is 0.583. The van der Waals surface area contributed by atoms with Crippen molar-refractivity contribution >= 4 is 5.69 Å². The van der Waals surface area contributed by atoms with Crippen molar-refractivity contribution < 1.29 is 9.13 Å². The van der Waals surface area contributed by atoms with Gasteiger partial charge in [-0.3, -0.25) is 0 Å². The largest absolute Gasteiger partial charge is 0.381 e. The maximum absolute atomic E-state index is 12.6. The number of anilines is 1. The topological polar surface area (TPSA) is 34.2 Å². The van der Waals surface area contributed by atoms with Gasteiger partial charge in [0.15, 0.2) is 0 Å². The zero-order valence-electron chi connectivity index (χ0n) is 9.66. The molecule has 1 atom stereocenters. The van der Waals surface area contributed by atoms with Gasteiger partial charge < -0.3 is 10.1 Å². The average Bonchev–Trinajstić information content (AvgIpc) is 2.20. The third-order valence-corrected chi connectivity index (χ3v) is 2.80. The van der Waals surface area contributed by atoms with Crippen LogP contribution < -0.4 is 5.32 Å². The number of hydrogen-bond acceptors (Lipinski definition) is 3. The van der Waals surface area contributed by atoms with E-state index in [2.05, 4.69) is 24.1 Å². The predicted molar refractivity (Wildman–Crippen MR) is 60.9 cm³/mol. The molecule has 1 N–H and O–H groups in total. The summed E-state index contributed by atoms with van der Waals surface area (Å²) in [5.74, 6) is -0.446. The van der Waals surface area contributed by atoms with Crippen LogP contribution >= 0.6 is 0 Å². The summed E-state index contributed by atoms with van der Waals surface area (Å²) in [5.41, 5.74) is 0.785. The van der Waals surface area contributed by atoms with Crippen molar-refractivity contribution in [1.29, 1.82) is 0 Å². The molecule has 0 aliphatic carbocycles. The van der Waals surface area contributed by atoms with Gasteiger partial charge in [-0.25, -0.2) is 4.98 Å². The molecule has 1 aromatic heterocycles. The maximum Gasteiger partial charge on any atom is 0.212 e. The number of aromatic nitrogens is 1. The van der Waals surface area contributed by atoms with Gasteiger partial charge in [-0.2, -0.15) is 4.39 Å². The van der Waals surface area contributed by atoms with Gasteiger partial charge >= 0.3 is 0 Å². The molecule has 0 spiro atoms. The maximum atomic E-state index is 12.6. The number of hydrogen-bond donors (Lipinski definition) is 1. The van der Waals surface area contributed by atoms with Crippen molar-refractivity contribution in [2.45, 2.75) is 38.3 Å². The number of pyridine rings is 1. The lowest BCUT2D eigenvalue weighted by Crippen LogP contribution is -2.40. The van der Waals surface area contributed by atoms with Crippen LogP contribution in [0, 0.1) is 5.95 Å². The molecular formula is C12H17FN2O. The quantitative estimate of drug-likeness (QED) is 0.784. The van der Waals surface area contributed by atoms with Gasteiger partial charge in [-0.1, -0.05) is 0 Å². The van der Waals surface area contributed by atoms with E-state index in [9.17, 15) is 4.39 Å². The second-order valence-corrected chi connectivity index (χ2v) is 4.81. The summed E-state index contributed by atoms with van der Waals surface area (Å²) in [6.07, 6.45) is 3.45. The summed E-state index contributed by atoms with van der Waals surface area (Å²) < 4.78 is 18.3. The molecule has 88 valence electrons. The third-order valence-electron chi connectivity index (χ3n) is 2.80. The van der Waals surface area contributed by atoms with E-state index in [1.54, 1.807) is 6.07 Å². The van der Waals surface area contributed by atoms with Crippen LogP contribution in [0.4, 0.5) is 10.1 Å². The number of halogens is 1. The number of ether oxygens (including phenoxy) is 1. The van der Waals surface area contributed by atoms with E-state index in [4.69, 9.17) is 4.74 Å². The predicted octanol–water partition coefficient (Wildman–Crippen LogP) is 2.59. The highest BCUT2D eigenvalue weighted by molar-refractivity contribution is 5.41. The van der Waals surface area contributed by atoms with Gasteiger partial charge in [0.2, 0.25) is 5.95 Å². The summed E-state index contributed by atoms with van der Waals surface area (Å²) in [4.78, 5) is 3.62.